The smallest absolute Gasteiger partial charge is 0.387 e. The number of ether oxygens (including phenoxy) is 1. The predicted octanol–water partition coefficient (Wildman–Crippen LogP) is -0.960. The first-order valence-corrected chi connectivity index (χ1v) is 14.6. The van der Waals surface area contributed by atoms with Gasteiger partial charge in [-0.05, 0) is 12.1 Å². The second kappa shape index (κ2) is 10.6. The molecule has 0 radical (unpaired) electrons. The maximum absolute atomic E-state index is 12.3. The fourth-order valence-corrected chi connectivity index (χ4v) is 6.84. The lowest BCUT2D eigenvalue weighted by atomic mass is 10.1. The Morgan fingerprint density at radius 2 is 1.72 bits per heavy atom. The summed E-state index contributed by atoms with van der Waals surface area (Å²) < 4.78 is 51.4. The van der Waals surface area contributed by atoms with Crippen LogP contribution in [-0.4, -0.2) is 70.5 Å². The molecule has 1 aliphatic heterocycles. The molecule has 2 aromatic heterocycles. The fourth-order valence-electron chi connectivity index (χ4n) is 2.98. The highest BCUT2D eigenvalue weighted by atomic mass is 32.1. The number of carbonyl (C=O) groups is 1. The third-order valence-electron chi connectivity index (χ3n) is 4.41. The van der Waals surface area contributed by atoms with Crippen molar-refractivity contribution in [1.82, 2.24) is 9.55 Å². The quantitative estimate of drug-likeness (QED) is 0.129. The van der Waals surface area contributed by atoms with Gasteiger partial charge in [-0.2, -0.15) is 8.62 Å². The molecule has 36 heavy (non-hydrogen) atoms. The number of carbonyl (C=O) groups excluding carboxylic acids is 1. The molecule has 0 spiro atoms. The zero-order chi connectivity index (χ0) is 27.1. The van der Waals surface area contributed by atoms with Gasteiger partial charge in [0, 0.05) is 11.1 Å². The topological polar surface area (TPSA) is 281 Å². The Morgan fingerprint density at radius 3 is 2.31 bits per heavy atom. The van der Waals surface area contributed by atoms with Gasteiger partial charge in [-0.25, -0.2) is 18.5 Å². The van der Waals surface area contributed by atoms with Crippen molar-refractivity contribution in [2.75, 3.05) is 6.61 Å². The fraction of sp³-hybridized carbons (Fsp3) is 0.357. The van der Waals surface area contributed by atoms with Gasteiger partial charge in [0.05, 0.1) is 17.0 Å². The first kappa shape index (κ1) is 28.9. The molecular weight excluding hydrogens is 577 g/mol. The summed E-state index contributed by atoms with van der Waals surface area (Å²) in [7, 11) is -16.9. The lowest BCUT2D eigenvalue weighted by Crippen LogP contribution is -2.38. The van der Waals surface area contributed by atoms with Gasteiger partial charge in [-0.15, -0.1) is 11.3 Å². The molecule has 7 N–H and O–H groups in total. The SMILES string of the molecule is O=Cc1ccc(-c2cn([C@@H]3O[C@H](COP(=O)(O)OP(=O)(O)OP(=O)(O)O)[C@@H](O)[C@H]3O)c(=O)[nH]c2=O)s1. The highest BCUT2D eigenvalue weighted by Crippen LogP contribution is 2.66. The summed E-state index contributed by atoms with van der Waals surface area (Å²) >= 11 is 0.926. The Hall–Kier alpha value is -1.66. The first-order chi connectivity index (χ1) is 16.5. The number of nitrogens with one attached hydrogen (secondary N) is 1. The van der Waals surface area contributed by atoms with E-state index in [1.165, 1.54) is 12.1 Å². The summed E-state index contributed by atoms with van der Waals surface area (Å²) in [6, 6.07) is 2.85. The lowest BCUT2D eigenvalue weighted by Gasteiger charge is -2.19. The molecule has 0 aromatic carbocycles. The van der Waals surface area contributed by atoms with Gasteiger partial charge in [-0.3, -0.25) is 23.7 Å². The van der Waals surface area contributed by atoms with Crippen LogP contribution in [-0.2, 0) is 31.6 Å². The van der Waals surface area contributed by atoms with Crippen LogP contribution in [0.4, 0.5) is 0 Å². The molecule has 1 aliphatic rings. The van der Waals surface area contributed by atoms with Crippen molar-refractivity contribution >= 4 is 41.1 Å². The van der Waals surface area contributed by atoms with E-state index in [0.717, 1.165) is 17.5 Å². The van der Waals surface area contributed by atoms with Gasteiger partial charge in [0.15, 0.2) is 12.5 Å². The average Bonchev–Trinajstić information content (AvgIpc) is 3.30. The van der Waals surface area contributed by atoms with Gasteiger partial charge in [0.1, 0.15) is 18.3 Å². The number of H-pyrrole nitrogens is 1. The minimum absolute atomic E-state index is 0.0882. The molecule has 18 nitrogen and oxygen atoms in total. The number of hydrogen-bond acceptors (Lipinski definition) is 13. The van der Waals surface area contributed by atoms with Gasteiger partial charge < -0.3 is 34.5 Å². The number of rotatable bonds is 10. The highest BCUT2D eigenvalue weighted by Gasteiger charge is 2.47. The Morgan fingerprint density at radius 1 is 1.06 bits per heavy atom. The summed E-state index contributed by atoms with van der Waals surface area (Å²) in [4.78, 5) is 73.7. The monoisotopic (exact) mass is 594 g/mol. The first-order valence-electron chi connectivity index (χ1n) is 9.23. The molecule has 0 bridgehead atoms. The van der Waals surface area contributed by atoms with Crippen LogP contribution < -0.4 is 11.2 Å². The van der Waals surface area contributed by atoms with Crippen LogP contribution >= 0.6 is 34.8 Å². The summed E-state index contributed by atoms with van der Waals surface area (Å²) in [5.74, 6) is 0. The zero-order valence-electron chi connectivity index (χ0n) is 17.3. The van der Waals surface area contributed by atoms with Crippen LogP contribution in [0, 0.1) is 0 Å². The maximum Gasteiger partial charge on any atom is 0.490 e. The molecule has 3 rings (SSSR count). The van der Waals surface area contributed by atoms with Crippen molar-refractivity contribution in [2.24, 2.45) is 0 Å². The molecule has 1 fully saturated rings. The van der Waals surface area contributed by atoms with Crippen molar-refractivity contribution in [3.8, 4) is 10.4 Å². The summed E-state index contributed by atoms with van der Waals surface area (Å²) in [5, 5.41) is 20.6. The van der Waals surface area contributed by atoms with E-state index < -0.39 is 65.9 Å². The van der Waals surface area contributed by atoms with Crippen molar-refractivity contribution in [3.63, 3.8) is 0 Å². The number of nitrogens with zero attached hydrogens (tertiary/aromatic N) is 1. The molecule has 200 valence electrons. The number of hydrogen-bond donors (Lipinski definition) is 7. The van der Waals surface area contributed by atoms with E-state index in [1.54, 1.807) is 0 Å². The number of aliphatic hydroxyl groups is 2. The van der Waals surface area contributed by atoms with E-state index in [0.29, 0.717) is 10.9 Å². The number of phosphoric ester groups is 1. The Balaban J connectivity index is 1.78. The number of phosphoric acid groups is 3. The second-order valence-corrected chi connectivity index (χ2v) is 12.5. The third kappa shape index (κ3) is 7.00. The van der Waals surface area contributed by atoms with Gasteiger partial charge in [0.2, 0.25) is 0 Å². The summed E-state index contributed by atoms with van der Waals surface area (Å²) in [6.45, 7) is -1.10. The van der Waals surface area contributed by atoms with Crippen molar-refractivity contribution in [2.45, 2.75) is 24.5 Å². The molecule has 3 heterocycles. The van der Waals surface area contributed by atoms with E-state index in [-0.39, 0.29) is 15.3 Å². The summed E-state index contributed by atoms with van der Waals surface area (Å²) in [5.41, 5.74) is -1.98. The molecular formula is C14H17N2O16P3S. The number of aldehydes is 1. The minimum Gasteiger partial charge on any atom is -0.387 e. The molecule has 0 amide bonds. The van der Waals surface area contributed by atoms with Crippen LogP contribution in [0.25, 0.3) is 10.4 Å². The highest BCUT2D eigenvalue weighted by molar-refractivity contribution is 7.66. The minimum atomic E-state index is -5.78. The largest absolute Gasteiger partial charge is 0.490 e. The molecule has 22 heteroatoms. The molecule has 6 atom stereocenters. The summed E-state index contributed by atoms with van der Waals surface area (Å²) in [6.07, 6.45) is -5.50. The Bertz CT molecular complexity index is 1390. The molecule has 0 aliphatic carbocycles. The average molecular weight is 594 g/mol. The number of aliphatic hydroxyl groups excluding tert-OH is 2. The van der Waals surface area contributed by atoms with Crippen LogP contribution in [0.5, 0.6) is 0 Å². The van der Waals surface area contributed by atoms with E-state index in [9.17, 15) is 43.2 Å². The standard InChI is InChI=1S/C14H17N2O16P3S/c17-4-6-1-2-9(36-6)7-3-16(14(21)15-12(7)20)13-11(19)10(18)8(30-13)5-29-34(25,26)32-35(27,28)31-33(22,23)24/h1-4,8,10-11,13,18-19H,5H2,(H,25,26)(H,27,28)(H,15,20,21)(H2,22,23,24)/t8-,10-,11-,13-/m1/s1. The number of aromatic amines is 1. The van der Waals surface area contributed by atoms with Gasteiger partial charge in [0.25, 0.3) is 5.56 Å². The normalized spacial score (nSPS) is 25.8. The number of thiophene rings is 1. The van der Waals surface area contributed by atoms with E-state index in [2.05, 4.69) is 13.1 Å². The van der Waals surface area contributed by atoms with E-state index >= 15 is 0 Å². The van der Waals surface area contributed by atoms with Crippen LogP contribution in [0.3, 0.4) is 0 Å². The van der Waals surface area contributed by atoms with Crippen LogP contribution in [0.2, 0.25) is 0 Å². The van der Waals surface area contributed by atoms with Gasteiger partial charge in [-0.1, -0.05) is 0 Å². The Kier molecular flexibility index (Phi) is 8.52. The van der Waals surface area contributed by atoms with Gasteiger partial charge >= 0.3 is 29.2 Å². The third-order valence-corrected chi connectivity index (χ3v) is 9.25. The maximum atomic E-state index is 12.3. The van der Waals surface area contributed by atoms with Crippen molar-refractivity contribution in [3.05, 3.63) is 44.0 Å². The van der Waals surface area contributed by atoms with Crippen molar-refractivity contribution < 1.29 is 66.2 Å². The molecule has 2 unspecified atom stereocenters. The van der Waals surface area contributed by atoms with E-state index in [4.69, 9.17) is 19.4 Å². The van der Waals surface area contributed by atoms with Crippen LogP contribution in [0.15, 0.2) is 27.9 Å². The van der Waals surface area contributed by atoms with Crippen LogP contribution in [0.1, 0.15) is 15.9 Å². The zero-order valence-corrected chi connectivity index (χ0v) is 20.8. The lowest BCUT2D eigenvalue weighted by molar-refractivity contribution is -0.0541. The molecule has 2 aromatic rings. The molecule has 1 saturated heterocycles. The second-order valence-electron chi connectivity index (χ2n) is 6.96. The Labute approximate surface area is 202 Å². The number of aromatic nitrogens is 2. The van der Waals surface area contributed by atoms with E-state index in [1.807, 2.05) is 4.98 Å². The van der Waals surface area contributed by atoms with Crippen molar-refractivity contribution in [1.29, 1.82) is 0 Å². The predicted molar refractivity (Wildman–Crippen MR) is 116 cm³/mol. The molecule has 0 saturated carbocycles.